The first-order valence-electron chi connectivity index (χ1n) is 6.28. The highest BCUT2D eigenvalue weighted by Crippen LogP contribution is 2.25. The molecule has 0 atom stereocenters. The summed E-state index contributed by atoms with van der Waals surface area (Å²) in [6.07, 6.45) is 10.7. The summed E-state index contributed by atoms with van der Waals surface area (Å²) >= 11 is 0. The van der Waals surface area contributed by atoms with Crippen LogP contribution in [0, 0.1) is 0 Å². The van der Waals surface area contributed by atoms with Crippen molar-refractivity contribution in [2.45, 2.75) is 57.0 Å². The lowest BCUT2D eigenvalue weighted by Crippen LogP contribution is -2.47. The molecule has 2 fully saturated rings. The van der Waals surface area contributed by atoms with E-state index in [0.717, 1.165) is 25.9 Å². The number of piperidine rings is 1. The van der Waals surface area contributed by atoms with E-state index in [1.165, 1.54) is 32.1 Å². The van der Waals surface area contributed by atoms with Crippen LogP contribution < -0.4 is 5.32 Å². The van der Waals surface area contributed by atoms with Crippen LogP contribution in [0.3, 0.4) is 0 Å². The van der Waals surface area contributed by atoms with E-state index in [-0.39, 0.29) is 0 Å². The SMILES string of the molecule is O=[C]N(C1CCCCC1)C1CCNCC1. The maximum atomic E-state index is 11.1. The van der Waals surface area contributed by atoms with Crippen LogP contribution in [-0.2, 0) is 4.79 Å². The summed E-state index contributed by atoms with van der Waals surface area (Å²) in [7, 11) is 0. The van der Waals surface area contributed by atoms with E-state index in [9.17, 15) is 4.79 Å². The molecule has 0 spiro atoms. The van der Waals surface area contributed by atoms with Crippen LogP contribution in [0.4, 0.5) is 0 Å². The molecule has 1 saturated carbocycles. The van der Waals surface area contributed by atoms with Gasteiger partial charge in [0.25, 0.3) is 0 Å². The third-order valence-corrected chi connectivity index (χ3v) is 3.78. The zero-order valence-electron chi connectivity index (χ0n) is 9.37. The molecule has 2 rings (SSSR count). The largest absolute Gasteiger partial charge is 0.328 e. The number of hydrogen-bond acceptors (Lipinski definition) is 2. The van der Waals surface area contributed by atoms with Gasteiger partial charge in [-0.15, -0.1) is 0 Å². The van der Waals surface area contributed by atoms with Gasteiger partial charge in [-0.1, -0.05) is 19.3 Å². The molecule has 85 valence electrons. The summed E-state index contributed by atoms with van der Waals surface area (Å²) < 4.78 is 0. The summed E-state index contributed by atoms with van der Waals surface area (Å²) in [6.45, 7) is 2.10. The smallest absolute Gasteiger partial charge is 0.312 e. The molecule has 0 unspecified atom stereocenters. The van der Waals surface area contributed by atoms with Crippen molar-refractivity contribution in [3.05, 3.63) is 0 Å². The van der Waals surface area contributed by atoms with Gasteiger partial charge < -0.3 is 10.2 Å². The van der Waals surface area contributed by atoms with Crippen molar-refractivity contribution in [3.8, 4) is 0 Å². The standard InChI is InChI=1S/C12H21N2O/c15-10-14(11-4-2-1-3-5-11)12-6-8-13-9-7-12/h11-13H,1-9H2. The molecular weight excluding hydrogens is 188 g/mol. The van der Waals surface area contributed by atoms with Crippen molar-refractivity contribution in [2.24, 2.45) is 0 Å². The molecule has 0 bridgehead atoms. The first-order chi connectivity index (χ1) is 7.42. The van der Waals surface area contributed by atoms with E-state index in [1.807, 2.05) is 4.90 Å². The quantitative estimate of drug-likeness (QED) is 0.713. The van der Waals surface area contributed by atoms with E-state index < -0.39 is 0 Å². The van der Waals surface area contributed by atoms with E-state index >= 15 is 0 Å². The van der Waals surface area contributed by atoms with Gasteiger partial charge in [0.1, 0.15) is 0 Å². The number of nitrogens with one attached hydrogen (secondary N) is 1. The minimum Gasteiger partial charge on any atom is -0.328 e. The van der Waals surface area contributed by atoms with Gasteiger partial charge in [-0.3, -0.25) is 4.79 Å². The van der Waals surface area contributed by atoms with Crippen LogP contribution in [0.25, 0.3) is 0 Å². The van der Waals surface area contributed by atoms with Gasteiger partial charge in [0.15, 0.2) is 0 Å². The van der Waals surface area contributed by atoms with Gasteiger partial charge >= 0.3 is 6.41 Å². The Morgan fingerprint density at radius 3 is 2.13 bits per heavy atom. The Kier molecular flexibility index (Phi) is 4.01. The highest BCUT2D eigenvalue weighted by Gasteiger charge is 2.27. The molecule has 3 heteroatoms. The van der Waals surface area contributed by atoms with Gasteiger partial charge in [-0.2, -0.15) is 0 Å². The summed E-state index contributed by atoms with van der Waals surface area (Å²) in [5, 5.41) is 3.34. The molecule has 15 heavy (non-hydrogen) atoms. The molecule has 1 N–H and O–H groups in total. The Bertz CT molecular complexity index is 178. The van der Waals surface area contributed by atoms with Crippen LogP contribution in [0.5, 0.6) is 0 Å². The molecule has 2 aliphatic rings. The van der Waals surface area contributed by atoms with Gasteiger partial charge in [0.2, 0.25) is 0 Å². The average molecular weight is 209 g/mol. The van der Waals surface area contributed by atoms with Crippen LogP contribution >= 0.6 is 0 Å². The lowest BCUT2D eigenvalue weighted by atomic mass is 9.92. The van der Waals surface area contributed by atoms with Crippen LogP contribution in [0.15, 0.2) is 0 Å². The molecule has 1 radical (unpaired) electrons. The topological polar surface area (TPSA) is 32.3 Å². The number of hydrogen-bond donors (Lipinski definition) is 1. The molecule has 1 heterocycles. The van der Waals surface area contributed by atoms with Crippen molar-refractivity contribution in [1.29, 1.82) is 0 Å². The van der Waals surface area contributed by atoms with E-state index in [2.05, 4.69) is 11.7 Å². The monoisotopic (exact) mass is 209 g/mol. The molecule has 0 aromatic rings. The number of amides is 1. The zero-order chi connectivity index (χ0) is 10.5. The second-order valence-corrected chi connectivity index (χ2v) is 4.77. The zero-order valence-corrected chi connectivity index (χ0v) is 9.37. The van der Waals surface area contributed by atoms with Gasteiger partial charge in [-0.05, 0) is 38.8 Å². The van der Waals surface area contributed by atoms with Gasteiger partial charge in [-0.25, -0.2) is 0 Å². The Morgan fingerprint density at radius 2 is 1.53 bits per heavy atom. The lowest BCUT2D eigenvalue weighted by molar-refractivity contribution is 0.157. The van der Waals surface area contributed by atoms with E-state index in [1.54, 1.807) is 0 Å². The fraction of sp³-hybridized carbons (Fsp3) is 0.917. The summed E-state index contributed by atoms with van der Waals surface area (Å²) in [6, 6.07) is 0.936. The molecule has 1 aliphatic carbocycles. The summed E-state index contributed by atoms with van der Waals surface area (Å²) in [5.41, 5.74) is 0. The molecule has 0 aromatic heterocycles. The van der Waals surface area contributed by atoms with Gasteiger partial charge in [0.05, 0.1) is 0 Å². The normalized spacial score (nSPS) is 25.1. The fourth-order valence-electron chi connectivity index (χ4n) is 2.89. The van der Waals surface area contributed by atoms with Crippen molar-refractivity contribution in [1.82, 2.24) is 10.2 Å². The Morgan fingerprint density at radius 1 is 0.933 bits per heavy atom. The van der Waals surface area contributed by atoms with Crippen LogP contribution in [-0.4, -0.2) is 36.5 Å². The second kappa shape index (κ2) is 5.50. The highest BCUT2D eigenvalue weighted by molar-refractivity contribution is 5.49. The molecule has 0 aromatic carbocycles. The minimum absolute atomic E-state index is 0.451. The number of nitrogens with zero attached hydrogens (tertiary/aromatic N) is 1. The minimum atomic E-state index is 0.451. The average Bonchev–Trinajstić information content (AvgIpc) is 2.33. The van der Waals surface area contributed by atoms with Crippen molar-refractivity contribution in [3.63, 3.8) is 0 Å². The Hall–Kier alpha value is -0.570. The fourth-order valence-corrected chi connectivity index (χ4v) is 2.89. The first-order valence-corrected chi connectivity index (χ1v) is 6.28. The lowest BCUT2D eigenvalue weighted by Gasteiger charge is -2.38. The Labute approximate surface area is 92.2 Å². The second-order valence-electron chi connectivity index (χ2n) is 4.77. The van der Waals surface area contributed by atoms with Crippen LogP contribution in [0.2, 0.25) is 0 Å². The van der Waals surface area contributed by atoms with Crippen LogP contribution in [0.1, 0.15) is 44.9 Å². The molecule has 1 aliphatic heterocycles. The third-order valence-electron chi connectivity index (χ3n) is 3.78. The maximum absolute atomic E-state index is 11.1. The van der Waals surface area contributed by atoms with E-state index in [0.29, 0.717) is 12.1 Å². The van der Waals surface area contributed by atoms with Crippen molar-refractivity contribution < 1.29 is 4.79 Å². The van der Waals surface area contributed by atoms with E-state index in [4.69, 9.17) is 0 Å². The molecular formula is C12H21N2O. The Balaban J connectivity index is 1.91. The van der Waals surface area contributed by atoms with Crippen molar-refractivity contribution in [2.75, 3.05) is 13.1 Å². The summed E-state index contributed by atoms with van der Waals surface area (Å²) in [5.74, 6) is 0. The van der Waals surface area contributed by atoms with Gasteiger partial charge in [0, 0.05) is 12.1 Å². The number of rotatable bonds is 3. The highest BCUT2D eigenvalue weighted by atomic mass is 16.1. The molecule has 1 saturated heterocycles. The number of carbonyl (C=O) groups excluding carboxylic acids is 1. The predicted molar refractivity (Wildman–Crippen MR) is 60.3 cm³/mol. The van der Waals surface area contributed by atoms with Crippen molar-refractivity contribution >= 4 is 6.41 Å². The summed E-state index contributed by atoms with van der Waals surface area (Å²) in [4.78, 5) is 13.1. The predicted octanol–water partition coefficient (Wildman–Crippen LogP) is 1.44. The maximum Gasteiger partial charge on any atom is 0.312 e. The third kappa shape index (κ3) is 2.71. The first kappa shape index (κ1) is 10.9. The molecule has 1 amide bonds. The molecule has 3 nitrogen and oxygen atoms in total.